The summed E-state index contributed by atoms with van der Waals surface area (Å²) in [5, 5.41) is 12.3. The Labute approximate surface area is 160 Å². The van der Waals surface area contributed by atoms with Crippen LogP contribution in [0.2, 0.25) is 0 Å². The van der Waals surface area contributed by atoms with Crippen molar-refractivity contribution in [3.8, 4) is 11.8 Å². The van der Waals surface area contributed by atoms with Crippen molar-refractivity contribution in [2.75, 3.05) is 32.8 Å². The van der Waals surface area contributed by atoms with E-state index in [-0.39, 0.29) is 11.6 Å². The van der Waals surface area contributed by atoms with Crippen LogP contribution in [0, 0.1) is 18.3 Å². The maximum Gasteiger partial charge on any atom is 0.263 e. The summed E-state index contributed by atoms with van der Waals surface area (Å²) in [5.41, 5.74) is 1.99. The molecule has 1 fully saturated rings. The van der Waals surface area contributed by atoms with Crippen molar-refractivity contribution < 1.29 is 14.3 Å². The second kappa shape index (κ2) is 9.62. The molecule has 0 bridgehead atoms. The molecule has 0 saturated carbocycles. The third kappa shape index (κ3) is 5.48. The van der Waals surface area contributed by atoms with Crippen molar-refractivity contribution in [1.82, 2.24) is 15.1 Å². The second-order valence-electron chi connectivity index (χ2n) is 6.50. The van der Waals surface area contributed by atoms with E-state index in [0.717, 1.165) is 23.3 Å². The van der Waals surface area contributed by atoms with Crippen LogP contribution in [0.15, 0.2) is 30.0 Å². The van der Waals surface area contributed by atoms with Crippen LogP contribution in [-0.4, -0.2) is 54.9 Å². The van der Waals surface area contributed by atoms with Gasteiger partial charge in [-0.1, -0.05) is 17.7 Å². The zero-order valence-electron chi connectivity index (χ0n) is 16.1. The molecule has 2 rings (SSSR count). The van der Waals surface area contributed by atoms with E-state index in [1.807, 2.05) is 49.9 Å². The first-order valence-electron chi connectivity index (χ1n) is 9.08. The summed E-state index contributed by atoms with van der Waals surface area (Å²) >= 11 is 0. The average molecular weight is 370 g/mol. The molecule has 2 amide bonds. The van der Waals surface area contributed by atoms with E-state index in [9.17, 15) is 14.9 Å². The lowest BCUT2D eigenvalue weighted by Crippen LogP contribution is -2.43. The zero-order valence-corrected chi connectivity index (χ0v) is 16.1. The minimum absolute atomic E-state index is 0.0482. The van der Waals surface area contributed by atoms with Gasteiger partial charge in [0.05, 0.1) is 12.6 Å². The van der Waals surface area contributed by atoms with E-state index in [1.165, 1.54) is 0 Å². The molecule has 1 aliphatic heterocycles. The van der Waals surface area contributed by atoms with Crippen molar-refractivity contribution in [3.05, 3.63) is 41.1 Å². The second-order valence-corrected chi connectivity index (χ2v) is 6.50. The van der Waals surface area contributed by atoms with Gasteiger partial charge in [0.1, 0.15) is 17.4 Å². The molecule has 1 heterocycles. The number of nitrogens with zero attached hydrogens (tertiary/aromatic N) is 3. The van der Waals surface area contributed by atoms with Gasteiger partial charge >= 0.3 is 0 Å². The molecule has 7 nitrogen and oxygen atoms in total. The van der Waals surface area contributed by atoms with Gasteiger partial charge in [0.25, 0.3) is 5.91 Å². The van der Waals surface area contributed by atoms with Gasteiger partial charge in [-0.2, -0.15) is 5.26 Å². The molecule has 0 aromatic heterocycles. The van der Waals surface area contributed by atoms with Gasteiger partial charge in [-0.05, 0) is 26.8 Å². The molecule has 144 valence electrons. The molecule has 1 N–H and O–H groups in total. The number of carbonyl (C=O) groups excluding carboxylic acids is 2. The van der Waals surface area contributed by atoms with Crippen LogP contribution < -0.4 is 10.1 Å². The Bertz CT molecular complexity index is 746. The number of benzene rings is 1. The monoisotopic (exact) mass is 370 g/mol. The third-order valence-electron chi connectivity index (χ3n) is 4.45. The highest BCUT2D eigenvalue weighted by Crippen LogP contribution is 2.26. The lowest BCUT2D eigenvalue weighted by atomic mass is 10.0. The van der Waals surface area contributed by atoms with Crippen molar-refractivity contribution in [3.63, 3.8) is 0 Å². The molecule has 1 aromatic carbocycles. The Balaban J connectivity index is 2.08. The Kier molecular flexibility index (Phi) is 7.24. The molecule has 1 aromatic rings. The summed E-state index contributed by atoms with van der Waals surface area (Å²) in [6.07, 6.45) is 2.39. The van der Waals surface area contributed by atoms with Crippen LogP contribution in [0.4, 0.5) is 0 Å². The molecule has 1 unspecified atom stereocenters. The Morgan fingerprint density at radius 1 is 1.33 bits per heavy atom. The quantitative estimate of drug-likeness (QED) is 0.449. The summed E-state index contributed by atoms with van der Waals surface area (Å²) in [7, 11) is 0. The lowest BCUT2D eigenvalue weighted by molar-refractivity contribution is -0.120. The van der Waals surface area contributed by atoms with Gasteiger partial charge in [-0.3, -0.25) is 9.59 Å². The molecule has 1 aliphatic rings. The predicted octanol–water partition coefficient (Wildman–Crippen LogP) is 1.75. The van der Waals surface area contributed by atoms with Gasteiger partial charge in [-0.15, -0.1) is 0 Å². The van der Waals surface area contributed by atoms with Crippen molar-refractivity contribution >= 4 is 12.3 Å². The predicted molar refractivity (Wildman–Crippen MR) is 102 cm³/mol. The first-order valence-corrected chi connectivity index (χ1v) is 9.08. The van der Waals surface area contributed by atoms with E-state index in [0.29, 0.717) is 32.8 Å². The topological polar surface area (TPSA) is 85.7 Å². The molecule has 0 radical (unpaired) electrons. The first kappa shape index (κ1) is 20.3. The first-order chi connectivity index (χ1) is 13.0. The smallest absolute Gasteiger partial charge is 0.263 e. The summed E-state index contributed by atoms with van der Waals surface area (Å²) in [6.45, 7) is 8.65. The van der Waals surface area contributed by atoms with Crippen LogP contribution in [-0.2, 0) is 9.59 Å². The van der Waals surface area contributed by atoms with E-state index in [2.05, 4.69) is 5.32 Å². The summed E-state index contributed by atoms with van der Waals surface area (Å²) < 4.78 is 5.65. The maximum absolute atomic E-state index is 12.6. The Hall–Kier alpha value is -3.01. The number of piperazine rings is 1. The molecule has 1 saturated heterocycles. The number of ether oxygens (including phenoxy) is 1. The van der Waals surface area contributed by atoms with Gasteiger partial charge < -0.3 is 19.9 Å². The normalized spacial score (nSPS) is 15.7. The highest BCUT2D eigenvalue weighted by molar-refractivity contribution is 5.97. The molecule has 7 heteroatoms. The van der Waals surface area contributed by atoms with Crippen LogP contribution >= 0.6 is 0 Å². The fourth-order valence-electron chi connectivity index (χ4n) is 2.94. The zero-order chi connectivity index (χ0) is 19.8. The Morgan fingerprint density at radius 3 is 2.59 bits per heavy atom. The summed E-state index contributed by atoms with van der Waals surface area (Å²) in [6, 6.07) is 7.50. The van der Waals surface area contributed by atoms with E-state index < -0.39 is 5.91 Å². The third-order valence-corrected chi connectivity index (χ3v) is 4.45. The van der Waals surface area contributed by atoms with Crippen LogP contribution in [0.25, 0.3) is 0 Å². The number of hydrogen-bond acceptors (Lipinski definition) is 5. The number of rotatable bonds is 7. The minimum atomic E-state index is -0.424. The number of hydrogen-bond donors (Lipinski definition) is 1. The lowest BCUT2D eigenvalue weighted by Gasteiger charge is -2.31. The van der Waals surface area contributed by atoms with E-state index in [4.69, 9.17) is 4.74 Å². The highest BCUT2D eigenvalue weighted by atomic mass is 16.5. The SMILES string of the molecule is CCOc1ccc(C)cc1C(C)NC(=O)/C(C#N)=C\N1CCN(C=O)CC1. The van der Waals surface area contributed by atoms with E-state index in [1.54, 1.807) is 11.1 Å². The average Bonchev–Trinajstić information content (AvgIpc) is 2.67. The number of nitrogens with one attached hydrogen (secondary N) is 1. The van der Waals surface area contributed by atoms with Gasteiger partial charge in [0.15, 0.2) is 0 Å². The molecular weight excluding hydrogens is 344 g/mol. The molecule has 0 spiro atoms. The largest absolute Gasteiger partial charge is 0.494 e. The number of nitriles is 1. The maximum atomic E-state index is 12.6. The fourth-order valence-corrected chi connectivity index (χ4v) is 2.94. The van der Waals surface area contributed by atoms with Crippen LogP contribution in [0.5, 0.6) is 5.75 Å². The minimum Gasteiger partial charge on any atom is -0.494 e. The Morgan fingerprint density at radius 2 is 2.00 bits per heavy atom. The van der Waals surface area contributed by atoms with E-state index >= 15 is 0 Å². The van der Waals surface area contributed by atoms with Crippen molar-refractivity contribution in [2.45, 2.75) is 26.8 Å². The fraction of sp³-hybridized carbons (Fsp3) is 0.450. The van der Waals surface area contributed by atoms with Crippen molar-refractivity contribution in [2.24, 2.45) is 0 Å². The van der Waals surface area contributed by atoms with Crippen LogP contribution in [0.1, 0.15) is 31.0 Å². The summed E-state index contributed by atoms with van der Waals surface area (Å²) in [5.74, 6) is 0.301. The number of amides is 2. The van der Waals surface area contributed by atoms with Crippen molar-refractivity contribution in [1.29, 1.82) is 5.26 Å². The standard InChI is InChI=1S/C20H26N4O3/c1-4-27-19-6-5-15(2)11-18(19)16(3)22-20(26)17(12-21)13-23-7-9-24(14-25)10-8-23/h5-6,11,13-14,16H,4,7-10H2,1-3H3,(H,22,26)/b17-13-. The molecule has 27 heavy (non-hydrogen) atoms. The molecule has 1 atom stereocenters. The number of carbonyl (C=O) groups is 2. The van der Waals surface area contributed by atoms with Gasteiger partial charge in [-0.25, -0.2) is 0 Å². The van der Waals surface area contributed by atoms with Gasteiger partial charge in [0, 0.05) is 37.9 Å². The van der Waals surface area contributed by atoms with Crippen LogP contribution in [0.3, 0.4) is 0 Å². The summed E-state index contributed by atoms with van der Waals surface area (Å²) in [4.78, 5) is 26.9. The molecule has 0 aliphatic carbocycles. The number of aryl methyl sites for hydroxylation is 1. The van der Waals surface area contributed by atoms with Gasteiger partial charge in [0.2, 0.25) is 6.41 Å². The highest BCUT2D eigenvalue weighted by Gasteiger charge is 2.19. The molecular formula is C20H26N4O3.